The molecular formula is C17H11BrCl2N2O. The van der Waals surface area contributed by atoms with Crippen molar-refractivity contribution in [3.8, 4) is 0 Å². The Morgan fingerprint density at radius 3 is 2.48 bits per heavy atom. The van der Waals surface area contributed by atoms with Crippen molar-refractivity contribution in [1.29, 1.82) is 0 Å². The van der Waals surface area contributed by atoms with E-state index in [0.29, 0.717) is 27.0 Å². The number of hydrogen-bond donors (Lipinski definition) is 0. The van der Waals surface area contributed by atoms with Crippen molar-refractivity contribution in [1.82, 2.24) is 0 Å². The van der Waals surface area contributed by atoms with Gasteiger partial charge in [-0.1, -0.05) is 45.2 Å². The minimum absolute atomic E-state index is 0.184. The van der Waals surface area contributed by atoms with Gasteiger partial charge in [-0.2, -0.15) is 10.1 Å². The van der Waals surface area contributed by atoms with Gasteiger partial charge >= 0.3 is 0 Å². The molecule has 116 valence electrons. The average molecular weight is 410 g/mol. The van der Waals surface area contributed by atoms with Crippen molar-refractivity contribution in [3.05, 3.63) is 68.1 Å². The van der Waals surface area contributed by atoms with E-state index in [1.165, 1.54) is 5.01 Å². The molecule has 0 aliphatic carbocycles. The summed E-state index contributed by atoms with van der Waals surface area (Å²) in [7, 11) is 0. The highest BCUT2D eigenvalue weighted by atomic mass is 79.9. The summed E-state index contributed by atoms with van der Waals surface area (Å²) in [6.45, 7) is 1.80. The van der Waals surface area contributed by atoms with Crippen LogP contribution in [0.3, 0.4) is 0 Å². The predicted molar refractivity (Wildman–Crippen MR) is 99.2 cm³/mol. The summed E-state index contributed by atoms with van der Waals surface area (Å²) in [5.74, 6) is -0.184. The molecule has 0 fully saturated rings. The van der Waals surface area contributed by atoms with Crippen LogP contribution in [0.15, 0.2) is 57.6 Å². The Bertz CT molecular complexity index is 844. The molecule has 3 rings (SSSR count). The lowest BCUT2D eigenvalue weighted by molar-refractivity contribution is -0.114. The average Bonchev–Trinajstić information content (AvgIpc) is 2.78. The number of anilines is 1. The molecule has 1 amide bonds. The van der Waals surface area contributed by atoms with Crippen LogP contribution in [-0.4, -0.2) is 11.6 Å². The van der Waals surface area contributed by atoms with Gasteiger partial charge in [0.15, 0.2) is 0 Å². The van der Waals surface area contributed by atoms with Crippen LogP contribution in [0.5, 0.6) is 0 Å². The van der Waals surface area contributed by atoms with E-state index in [1.807, 2.05) is 24.3 Å². The number of nitrogens with zero attached hydrogens (tertiary/aromatic N) is 2. The number of rotatable bonds is 2. The third-order valence-corrected chi connectivity index (χ3v) is 4.49. The molecule has 1 aliphatic rings. The van der Waals surface area contributed by atoms with Crippen molar-refractivity contribution in [2.75, 3.05) is 5.01 Å². The molecule has 6 heteroatoms. The van der Waals surface area contributed by atoms with Crippen molar-refractivity contribution in [2.45, 2.75) is 6.92 Å². The molecule has 0 spiro atoms. The Balaban J connectivity index is 1.96. The highest BCUT2D eigenvalue weighted by molar-refractivity contribution is 9.10. The van der Waals surface area contributed by atoms with E-state index in [1.54, 1.807) is 31.2 Å². The molecule has 0 N–H and O–H groups in total. The first-order valence-corrected chi connectivity index (χ1v) is 8.33. The monoisotopic (exact) mass is 408 g/mol. The third-order valence-electron chi connectivity index (χ3n) is 3.40. The van der Waals surface area contributed by atoms with E-state index in [4.69, 9.17) is 23.2 Å². The zero-order valence-corrected chi connectivity index (χ0v) is 15.2. The van der Waals surface area contributed by atoms with Gasteiger partial charge in [0, 0.05) is 14.5 Å². The van der Waals surface area contributed by atoms with Crippen LogP contribution in [-0.2, 0) is 4.79 Å². The molecule has 0 radical (unpaired) electrons. The largest absolute Gasteiger partial charge is 0.280 e. The van der Waals surface area contributed by atoms with Gasteiger partial charge in [0.05, 0.1) is 17.0 Å². The van der Waals surface area contributed by atoms with Gasteiger partial charge in [-0.3, -0.25) is 4.79 Å². The fraction of sp³-hybridized carbons (Fsp3) is 0.0588. The quantitative estimate of drug-likeness (QED) is 0.597. The van der Waals surface area contributed by atoms with Gasteiger partial charge in [-0.25, -0.2) is 0 Å². The molecule has 0 atom stereocenters. The second-order valence-electron chi connectivity index (χ2n) is 5.00. The summed E-state index contributed by atoms with van der Waals surface area (Å²) in [6.07, 6.45) is 1.73. The zero-order chi connectivity index (χ0) is 16.6. The Morgan fingerprint density at radius 2 is 1.83 bits per heavy atom. The molecule has 0 unspecified atom stereocenters. The first-order valence-electron chi connectivity index (χ1n) is 6.78. The lowest BCUT2D eigenvalue weighted by Crippen LogP contribution is -2.21. The topological polar surface area (TPSA) is 32.7 Å². The summed E-state index contributed by atoms with van der Waals surface area (Å²) in [5.41, 5.74) is 2.59. The van der Waals surface area contributed by atoms with Gasteiger partial charge in [-0.05, 0) is 55.0 Å². The standard InChI is InChI=1S/C17H11BrCl2N2O/c1-10-15(8-11-2-5-13(19)9-16(11)20)17(23)22(21-10)14-6-3-12(18)4-7-14/h2-9H,1H3. The SMILES string of the molecule is CC1=NN(c2ccc(Br)cc2)C(=O)C1=Cc1ccc(Cl)cc1Cl. The molecule has 0 bridgehead atoms. The van der Waals surface area contributed by atoms with E-state index < -0.39 is 0 Å². The van der Waals surface area contributed by atoms with Gasteiger partial charge < -0.3 is 0 Å². The maximum absolute atomic E-state index is 12.6. The van der Waals surface area contributed by atoms with Crippen molar-refractivity contribution in [3.63, 3.8) is 0 Å². The van der Waals surface area contributed by atoms with E-state index in [9.17, 15) is 4.79 Å². The molecule has 1 heterocycles. The molecule has 0 saturated carbocycles. The third kappa shape index (κ3) is 3.34. The van der Waals surface area contributed by atoms with Crippen LogP contribution in [0, 0.1) is 0 Å². The molecular weight excluding hydrogens is 399 g/mol. The number of amides is 1. The zero-order valence-electron chi connectivity index (χ0n) is 12.1. The molecule has 1 aliphatic heterocycles. The van der Waals surface area contributed by atoms with E-state index in [2.05, 4.69) is 21.0 Å². The van der Waals surface area contributed by atoms with Gasteiger partial charge in [-0.15, -0.1) is 0 Å². The molecule has 2 aromatic rings. The summed E-state index contributed by atoms with van der Waals surface area (Å²) in [5, 5.41) is 6.77. The Kier molecular flexibility index (Phi) is 4.57. The number of carbonyl (C=O) groups excluding carboxylic acids is 1. The van der Waals surface area contributed by atoms with Crippen LogP contribution >= 0.6 is 39.1 Å². The number of carbonyl (C=O) groups is 1. The predicted octanol–water partition coefficient (Wildman–Crippen LogP) is 5.56. The summed E-state index contributed by atoms with van der Waals surface area (Å²) < 4.78 is 0.942. The Hall–Kier alpha value is -1.62. The molecule has 3 nitrogen and oxygen atoms in total. The van der Waals surface area contributed by atoms with Crippen LogP contribution in [0.4, 0.5) is 5.69 Å². The normalized spacial score (nSPS) is 16.2. The van der Waals surface area contributed by atoms with Crippen LogP contribution in [0.1, 0.15) is 12.5 Å². The molecule has 0 saturated heterocycles. The molecule has 23 heavy (non-hydrogen) atoms. The van der Waals surface area contributed by atoms with Gasteiger partial charge in [0.2, 0.25) is 0 Å². The second-order valence-corrected chi connectivity index (χ2v) is 6.76. The molecule has 2 aromatic carbocycles. The number of halogens is 3. The Morgan fingerprint density at radius 1 is 1.13 bits per heavy atom. The lowest BCUT2D eigenvalue weighted by Gasteiger charge is -2.11. The van der Waals surface area contributed by atoms with Crippen LogP contribution in [0.2, 0.25) is 10.0 Å². The van der Waals surface area contributed by atoms with Gasteiger partial charge in [0.1, 0.15) is 0 Å². The van der Waals surface area contributed by atoms with E-state index in [-0.39, 0.29) is 5.91 Å². The fourth-order valence-electron chi connectivity index (χ4n) is 2.22. The first-order chi connectivity index (χ1) is 11.0. The maximum Gasteiger partial charge on any atom is 0.280 e. The second kappa shape index (κ2) is 6.48. The van der Waals surface area contributed by atoms with E-state index in [0.717, 1.165) is 10.0 Å². The van der Waals surface area contributed by atoms with Crippen molar-refractivity contribution >= 4 is 62.5 Å². The number of hydrogen-bond acceptors (Lipinski definition) is 2. The van der Waals surface area contributed by atoms with E-state index >= 15 is 0 Å². The van der Waals surface area contributed by atoms with Crippen molar-refractivity contribution < 1.29 is 4.79 Å². The lowest BCUT2D eigenvalue weighted by atomic mass is 10.1. The number of hydrazone groups is 1. The minimum Gasteiger partial charge on any atom is -0.267 e. The van der Waals surface area contributed by atoms with Gasteiger partial charge in [0.25, 0.3) is 5.91 Å². The summed E-state index contributed by atoms with van der Waals surface area (Å²) in [6, 6.07) is 12.6. The fourth-order valence-corrected chi connectivity index (χ4v) is 2.94. The highest BCUT2D eigenvalue weighted by Crippen LogP contribution is 2.28. The smallest absolute Gasteiger partial charge is 0.267 e. The summed E-state index contributed by atoms with van der Waals surface area (Å²) in [4.78, 5) is 12.6. The van der Waals surface area contributed by atoms with Crippen LogP contribution < -0.4 is 5.01 Å². The maximum atomic E-state index is 12.6. The minimum atomic E-state index is -0.184. The first kappa shape index (κ1) is 16.2. The summed E-state index contributed by atoms with van der Waals surface area (Å²) >= 11 is 15.4. The van der Waals surface area contributed by atoms with Crippen molar-refractivity contribution in [2.24, 2.45) is 5.10 Å². The highest BCUT2D eigenvalue weighted by Gasteiger charge is 2.28. The van der Waals surface area contributed by atoms with Crippen LogP contribution in [0.25, 0.3) is 6.08 Å². The Labute approximate surface area is 152 Å². The number of benzene rings is 2. The molecule has 0 aromatic heterocycles.